The maximum Gasteiger partial charge on any atom is 0.238 e. The lowest BCUT2D eigenvalue weighted by Gasteiger charge is -2.16. The maximum absolute atomic E-state index is 11.2. The number of carbonyl (C=O) groups excluding carboxylic acids is 2. The summed E-state index contributed by atoms with van der Waals surface area (Å²) >= 11 is 11.1. The maximum atomic E-state index is 11.2. The molecule has 7 heteroatoms. The van der Waals surface area contributed by atoms with Gasteiger partial charge in [-0.15, -0.1) is 11.6 Å². The largest absolute Gasteiger partial charge is 0.390 e. The Morgan fingerprint density at radius 3 is 2.41 bits per heavy atom. The van der Waals surface area contributed by atoms with Gasteiger partial charge in [0.25, 0.3) is 0 Å². The Bertz CT molecular complexity index is 796. The molecule has 144 valence electrons. The Kier molecular flexibility index (Phi) is 7.66. The molecular weight excluding hydrogens is 387 g/mol. The van der Waals surface area contributed by atoms with Gasteiger partial charge in [-0.25, -0.2) is 4.42 Å². The number of alkyl halides is 1. The second-order valence-electron chi connectivity index (χ2n) is 6.28. The Morgan fingerprint density at radius 1 is 1.19 bits per heavy atom. The first-order chi connectivity index (χ1) is 12.8. The first-order valence-corrected chi connectivity index (χ1v) is 9.35. The van der Waals surface area contributed by atoms with Crippen LogP contribution in [-0.2, 0) is 16.0 Å². The Morgan fingerprint density at radius 2 is 1.81 bits per heavy atom. The predicted molar refractivity (Wildman–Crippen MR) is 108 cm³/mol. The van der Waals surface area contributed by atoms with Crippen molar-refractivity contribution in [2.75, 3.05) is 10.3 Å². The fourth-order valence-electron chi connectivity index (χ4n) is 2.82. The van der Waals surface area contributed by atoms with Gasteiger partial charge in [-0.1, -0.05) is 42.0 Å². The normalized spacial score (nSPS) is 17.4. The van der Waals surface area contributed by atoms with E-state index in [1.165, 1.54) is 6.92 Å². The Balaban J connectivity index is 0.000000199. The fourth-order valence-corrected chi connectivity index (χ4v) is 3.01. The minimum absolute atomic E-state index is 0.0780. The van der Waals surface area contributed by atoms with Gasteiger partial charge in [-0.3, -0.25) is 9.59 Å². The van der Waals surface area contributed by atoms with E-state index in [1.54, 1.807) is 0 Å². The van der Waals surface area contributed by atoms with Gasteiger partial charge in [0.1, 0.15) is 5.88 Å². The molecule has 2 atom stereocenters. The monoisotopic (exact) mass is 408 g/mol. The van der Waals surface area contributed by atoms with E-state index in [-0.39, 0.29) is 23.7 Å². The zero-order valence-electron chi connectivity index (χ0n) is 15.2. The van der Waals surface area contributed by atoms with Gasteiger partial charge in [0.05, 0.1) is 17.8 Å². The van der Waals surface area contributed by atoms with Crippen LogP contribution >= 0.6 is 23.4 Å². The molecule has 0 saturated carbocycles. The molecule has 1 aliphatic carbocycles. The summed E-state index contributed by atoms with van der Waals surface area (Å²) in [5.74, 6) is -0.510. The van der Waals surface area contributed by atoms with Gasteiger partial charge in [0.2, 0.25) is 11.8 Å². The molecule has 0 radical (unpaired) electrons. The number of hydrogen-bond acceptors (Lipinski definition) is 3. The number of aryl methyl sites for hydroxylation is 1. The van der Waals surface area contributed by atoms with Gasteiger partial charge < -0.3 is 10.4 Å². The van der Waals surface area contributed by atoms with Crippen molar-refractivity contribution in [3.63, 3.8) is 0 Å². The highest BCUT2D eigenvalue weighted by Crippen LogP contribution is 2.31. The fraction of sp³-hybridized carbons (Fsp3) is 0.300. The van der Waals surface area contributed by atoms with Gasteiger partial charge in [-0.05, 0) is 30.2 Å². The molecule has 2 aromatic rings. The summed E-state index contributed by atoms with van der Waals surface area (Å²) in [6.45, 7) is 3.41. The third kappa shape index (κ3) is 5.70. The lowest BCUT2D eigenvalue weighted by molar-refractivity contribution is -0.120. The molecule has 2 amide bonds. The molecular formula is C20H22Cl2N2O3. The van der Waals surface area contributed by atoms with E-state index in [0.29, 0.717) is 12.1 Å². The summed E-state index contributed by atoms with van der Waals surface area (Å²) in [5.41, 5.74) is 3.93. The number of amides is 2. The molecule has 2 unspecified atom stereocenters. The quantitative estimate of drug-likeness (QED) is 0.602. The number of benzene rings is 2. The Hall–Kier alpha value is -2.08. The molecule has 0 fully saturated rings. The van der Waals surface area contributed by atoms with Crippen molar-refractivity contribution in [2.24, 2.45) is 0 Å². The molecule has 5 nitrogen and oxygen atoms in total. The van der Waals surface area contributed by atoms with E-state index in [9.17, 15) is 14.7 Å². The van der Waals surface area contributed by atoms with Crippen LogP contribution in [0.4, 0.5) is 5.69 Å². The van der Waals surface area contributed by atoms with Gasteiger partial charge in [0.15, 0.2) is 0 Å². The van der Waals surface area contributed by atoms with Crippen molar-refractivity contribution in [3.8, 4) is 0 Å². The van der Waals surface area contributed by atoms with E-state index in [4.69, 9.17) is 23.4 Å². The lowest BCUT2D eigenvalue weighted by Crippen LogP contribution is -2.34. The van der Waals surface area contributed by atoms with E-state index < -0.39 is 6.10 Å². The molecule has 0 bridgehead atoms. The van der Waals surface area contributed by atoms with E-state index in [0.717, 1.165) is 21.1 Å². The summed E-state index contributed by atoms with van der Waals surface area (Å²) in [6.07, 6.45) is 0.0400. The van der Waals surface area contributed by atoms with Crippen LogP contribution < -0.4 is 9.74 Å². The highest BCUT2D eigenvalue weighted by atomic mass is 35.5. The second-order valence-corrected chi connectivity index (χ2v) is 6.89. The van der Waals surface area contributed by atoms with Crippen LogP contribution in [0.5, 0.6) is 0 Å². The first kappa shape index (κ1) is 21.2. The molecule has 0 spiro atoms. The number of nitrogens with zero attached hydrogens (tertiary/aromatic N) is 1. The smallest absolute Gasteiger partial charge is 0.238 e. The van der Waals surface area contributed by atoms with Crippen LogP contribution in [0.1, 0.15) is 29.7 Å². The third-order valence-electron chi connectivity index (χ3n) is 4.18. The van der Waals surface area contributed by atoms with Crippen molar-refractivity contribution in [1.29, 1.82) is 0 Å². The van der Waals surface area contributed by atoms with Gasteiger partial charge in [0, 0.05) is 25.1 Å². The second kappa shape index (κ2) is 9.74. The molecule has 0 saturated heterocycles. The Labute approximate surface area is 169 Å². The summed E-state index contributed by atoms with van der Waals surface area (Å²) in [7, 11) is 0. The van der Waals surface area contributed by atoms with E-state index in [2.05, 4.69) is 5.32 Å². The number of nitrogens with one attached hydrogen (secondary N) is 1. The minimum Gasteiger partial charge on any atom is -0.390 e. The van der Waals surface area contributed by atoms with Crippen molar-refractivity contribution >= 4 is 40.9 Å². The van der Waals surface area contributed by atoms with Gasteiger partial charge in [-0.2, -0.15) is 0 Å². The van der Waals surface area contributed by atoms with Crippen LogP contribution in [0.25, 0.3) is 0 Å². The molecule has 0 aliphatic heterocycles. The number of halogens is 2. The van der Waals surface area contributed by atoms with Gasteiger partial charge >= 0.3 is 0 Å². The third-order valence-corrected chi connectivity index (χ3v) is 4.85. The highest BCUT2D eigenvalue weighted by molar-refractivity contribution is 6.36. The molecule has 3 rings (SSSR count). The number of rotatable bonds is 3. The summed E-state index contributed by atoms with van der Waals surface area (Å²) in [5, 5.41) is 12.5. The van der Waals surface area contributed by atoms with Crippen molar-refractivity contribution in [3.05, 3.63) is 65.2 Å². The average molecular weight is 409 g/mol. The zero-order valence-corrected chi connectivity index (χ0v) is 16.7. The molecule has 2 N–H and O–H groups in total. The van der Waals surface area contributed by atoms with Crippen LogP contribution in [-0.4, -0.2) is 28.9 Å². The number of fused-ring (bicyclic) bond motifs is 1. The summed E-state index contributed by atoms with van der Waals surface area (Å²) < 4.78 is 1.10. The SMILES string of the molecule is CC(=O)N(Cl)c1ccc(C)cc1.O=C(CCl)NC1c2ccccc2CC1O. The summed E-state index contributed by atoms with van der Waals surface area (Å²) in [4.78, 5) is 22.0. The lowest BCUT2D eigenvalue weighted by atomic mass is 10.1. The topological polar surface area (TPSA) is 69.6 Å². The molecule has 2 aromatic carbocycles. The van der Waals surface area contributed by atoms with Crippen LogP contribution in [0.2, 0.25) is 0 Å². The zero-order chi connectivity index (χ0) is 20.0. The molecule has 27 heavy (non-hydrogen) atoms. The van der Waals surface area contributed by atoms with E-state index in [1.807, 2.05) is 55.5 Å². The van der Waals surface area contributed by atoms with Crippen molar-refractivity contribution in [1.82, 2.24) is 5.32 Å². The van der Waals surface area contributed by atoms with Crippen molar-refractivity contribution < 1.29 is 14.7 Å². The minimum atomic E-state index is -0.547. The first-order valence-electron chi connectivity index (χ1n) is 8.47. The van der Waals surface area contributed by atoms with Crippen LogP contribution in [0.15, 0.2) is 48.5 Å². The number of hydrogen-bond donors (Lipinski definition) is 2. The average Bonchev–Trinajstić information content (AvgIpc) is 2.97. The number of aliphatic hydroxyl groups excluding tert-OH is 1. The predicted octanol–water partition coefficient (Wildman–Crippen LogP) is 3.50. The van der Waals surface area contributed by atoms with Crippen molar-refractivity contribution in [2.45, 2.75) is 32.4 Å². The van der Waals surface area contributed by atoms with Crippen LogP contribution in [0.3, 0.4) is 0 Å². The van der Waals surface area contributed by atoms with E-state index >= 15 is 0 Å². The number of aliphatic hydroxyl groups is 1. The standard InChI is InChI=1S/C11H12ClNO2.C9H10ClNO/c12-6-10(15)13-11-8-4-2-1-3-7(8)5-9(11)14;1-7-3-5-9(6-4-7)11(10)8(2)12/h1-4,9,11,14H,5-6H2,(H,13,15);3-6H,1-2H3. The number of anilines is 1. The molecule has 0 aromatic heterocycles. The molecule has 0 heterocycles. The summed E-state index contributed by atoms with van der Waals surface area (Å²) in [6, 6.07) is 14.8. The molecule has 1 aliphatic rings. The number of carbonyl (C=O) groups is 2. The highest BCUT2D eigenvalue weighted by Gasteiger charge is 2.31. The van der Waals surface area contributed by atoms with Crippen LogP contribution in [0, 0.1) is 6.92 Å².